The molecule has 1 N–H and O–H groups in total. The minimum absolute atomic E-state index is 0.0211. The highest BCUT2D eigenvalue weighted by Gasteiger charge is 2.36. The first-order valence-corrected chi connectivity index (χ1v) is 14.6. The van der Waals surface area contributed by atoms with Gasteiger partial charge in [-0.15, -0.1) is 0 Å². The van der Waals surface area contributed by atoms with Crippen LogP contribution in [0.25, 0.3) is 22.3 Å². The van der Waals surface area contributed by atoms with Gasteiger partial charge in [0, 0.05) is 61.5 Å². The van der Waals surface area contributed by atoms with Crippen molar-refractivity contribution in [3.63, 3.8) is 0 Å². The number of halogens is 3. The van der Waals surface area contributed by atoms with Crippen molar-refractivity contribution in [1.82, 2.24) is 44.5 Å². The van der Waals surface area contributed by atoms with Gasteiger partial charge >= 0.3 is 6.18 Å². The number of alkyl halides is 3. The smallest absolute Gasteiger partial charge is 0.451 e. The number of H-pyrrole nitrogens is 1. The zero-order chi connectivity index (χ0) is 29.8. The van der Waals surface area contributed by atoms with Crippen LogP contribution in [0.4, 0.5) is 13.2 Å². The summed E-state index contributed by atoms with van der Waals surface area (Å²) in [5.74, 6) is -1.18. The van der Waals surface area contributed by atoms with Crippen LogP contribution in [0.3, 0.4) is 0 Å². The van der Waals surface area contributed by atoms with Gasteiger partial charge in [0.2, 0.25) is 11.7 Å². The summed E-state index contributed by atoms with van der Waals surface area (Å²) in [7, 11) is 0. The number of nitrogens with one attached hydrogen (secondary N) is 1. The molecule has 2 aliphatic rings. The Balaban J connectivity index is 1.11. The third kappa shape index (κ3) is 6.94. The van der Waals surface area contributed by atoms with Crippen LogP contribution in [-0.4, -0.2) is 82.8 Å². The summed E-state index contributed by atoms with van der Waals surface area (Å²) < 4.78 is 48.5. The van der Waals surface area contributed by atoms with E-state index >= 15 is 0 Å². The normalized spacial score (nSPS) is 17.5. The van der Waals surface area contributed by atoms with Crippen LogP contribution in [0.15, 0.2) is 37.1 Å². The highest BCUT2D eigenvalue weighted by atomic mass is 19.4. The number of nitriles is 1. The van der Waals surface area contributed by atoms with E-state index in [-0.39, 0.29) is 18.0 Å². The van der Waals surface area contributed by atoms with Crippen molar-refractivity contribution in [3.8, 4) is 23.2 Å². The first-order valence-electron chi connectivity index (χ1n) is 14.6. The molecule has 4 aromatic rings. The number of rotatable bonds is 11. The molecule has 6 heterocycles. The predicted molar refractivity (Wildman–Crippen MR) is 151 cm³/mol. The lowest BCUT2D eigenvalue weighted by Crippen LogP contribution is -2.46. The molecule has 6 rings (SSSR count). The number of hydrogen-bond donors (Lipinski definition) is 1. The van der Waals surface area contributed by atoms with Crippen LogP contribution >= 0.6 is 0 Å². The van der Waals surface area contributed by atoms with Crippen LogP contribution < -0.4 is 4.74 Å². The molecule has 0 unspecified atom stereocenters. The summed E-state index contributed by atoms with van der Waals surface area (Å²) in [6, 6.07) is 5.85. The Bertz CT molecular complexity index is 1570. The molecule has 1 atom stereocenters. The van der Waals surface area contributed by atoms with E-state index in [2.05, 4.69) is 41.0 Å². The van der Waals surface area contributed by atoms with E-state index in [4.69, 9.17) is 10.00 Å². The van der Waals surface area contributed by atoms with Crippen molar-refractivity contribution in [2.24, 2.45) is 0 Å². The monoisotopic (exact) mass is 594 g/mol. The molecule has 0 amide bonds. The molecule has 226 valence electrons. The van der Waals surface area contributed by atoms with Crippen molar-refractivity contribution in [2.45, 2.75) is 69.9 Å². The second kappa shape index (κ2) is 12.6. The van der Waals surface area contributed by atoms with Gasteiger partial charge in [-0.3, -0.25) is 14.5 Å². The van der Waals surface area contributed by atoms with Gasteiger partial charge in [0.15, 0.2) is 0 Å². The van der Waals surface area contributed by atoms with Crippen LogP contribution in [0.2, 0.25) is 0 Å². The fourth-order valence-electron chi connectivity index (χ4n) is 5.75. The molecular weight excluding hydrogens is 561 g/mol. The summed E-state index contributed by atoms with van der Waals surface area (Å²) in [5.41, 5.74) is 2.79. The number of ether oxygens (including phenoxy) is 1. The van der Waals surface area contributed by atoms with Crippen LogP contribution in [0.1, 0.15) is 50.0 Å². The Hall–Kier alpha value is -4.09. The van der Waals surface area contributed by atoms with E-state index in [1.165, 1.54) is 6.33 Å². The second-order valence-electron chi connectivity index (χ2n) is 11.1. The van der Waals surface area contributed by atoms with E-state index < -0.39 is 12.0 Å². The van der Waals surface area contributed by atoms with Crippen molar-refractivity contribution in [1.29, 1.82) is 5.26 Å². The van der Waals surface area contributed by atoms with Crippen molar-refractivity contribution >= 4 is 11.0 Å². The van der Waals surface area contributed by atoms with Gasteiger partial charge in [0.1, 0.15) is 18.1 Å². The number of piperidine rings is 1. The Morgan fingerprint density at radius 1 is 1.14 bits per heavy atom. The summed E-state index contributed by atoms with van der Waals surface area (Å²) in [6.45, 7) is 4.12. The number of fused-ring (bicyclic) bond motifs is 1. The fraction of sp³-hybridized carbons (Fsp3) is 0.517. The van der Waals surface area contributed by atoms with Gasteiger partial charge in [-0.2, -0.15) is 28.5 Å². The van der Waals surface area contributed by atoms with Gasteiger partial charge in [-0.25, -0.2) is 15.0 Å². The Labute approximate surface area is 246 Å². The number of hydrogen-bond acceptors (Lipinski definition) is 9. The fourth-order valence-corrected chi connectivity index (χ4v) is 5.75. The third-order valence-electron chi connectivity index (χ3n) is 8.11. The minimum Gasteiger partial charge on any atom is -0.474 e. The van der Waals surface area contributed by atoms with E-state index in [9.17, 15) is 13.2 Å². The van der Waals surface area contributed by atoms with Gasteiger partial charge < -0.3 is 9.72 Å². The molecule has 2 saturated heterocycles. The van der Waals surface area contributed by atoms with Crippen molar-refractivity contribution in [2.75, 3.05) is 26.2 Å². The lowest BCUT2D eigenvalue weighted by molar-refractivity contribution is -0.145. The van der Waals surface area contributed by atoms with E-state index in [0.717, 1.165) is 54.6 Å². The molecule has 0 bridgehead atoms. The number of nitrogens with zero attached hydrogens (tertiary/aromatic N) is 9. The highest BCUT2D eigenvalue weighted by molar-refractivity contribution is 5.89. The molecular formula is C29H33F3N10O. The molecule has 0 spiro atoms. The molecule has 0 saturated carbocycles. The summed E-state index contributed by atoms with van der Waals surface area (Å²) in [5, 5.41) is 14.6. The zero-order valence-electron chi connectivity index (χ0n) is 23.7. The Morgan fingerprint density at radius 3 is 2.72 bits per heavy atom. The van der Waals surface area contributed by atoms with Crippen LogP contribution in [-0.2, 0) is 19.3 Å². The number of aromatic amines is 1. The molecule has 0 aliphatic carbocycles. The second-order valence-corrected chi connectivity index (χ2v) is 11.1. The van der Waals surface area contributed by atoms with Crippen LogP contribution in [0.5, 0.6) is 5.88 Å². The number of likely N-dealkylation sites (tertiary alicyclic amines) is 2. The Morgan fingerprint density at radius 2 is 1.98 bits per heavy atom. The average molecular weight is 595 g/mol. The van der Waals surface area contributed by atoms with E-state index in [0.29, 0.717) is 51.1 Å². The molecule has 2 aliphatic heterocycles. The maximum Gasteiger partial charge on any atom is 0.451 e. The predicted octanol–water partition coefficient (Wildman–Crippen LogP) is 4.44. The first kappa shape index (κ1) is 29.0. The third-order valence-corrected chi connectivity index (χ3v) is 8.11. The molecule has 43 heavy (non-hydrogen) atoms. The molecule has 0 aromatic carbocycles. The topological polar surface area (TPSA) is 125 Å². The van der Waals surface area contributed by atoms with E-state index in [1.54, 1.807) is 12.3 Å². The van der Waals surface area contributed by atoms with Crippen molar-refractivity contribution in [3.05, 3.63) is 48.6 Å². The number of aromatic nitrogens is 7. The van der Waals surface area contributed by atoms with Gasteiger partial charge in [-0.05, 0) is 51.3 Å². The lowest BCUT2D eigenvalue weighted by atomic mass is 10.0. The zero-order valence-corrected chi connectivity index (χ0v) is 23.7. The molecule has 2 fully saturated rings. The van der Waals surface area contributed by atoms with Gasteiger partial charge in [0.05, 0.1) is 30.2 Å². The van der Waals surface area contributed by atoms with Crippen molar-refractivity contribution < 1.29 is 17.9 Å². The van der Waals surface area contributed by atoms with Gasteiger partial charge in [-0.1, -0.05) is 0 Å². The highest BCUT2D eigenvalue weighted by Crippen LogP contribution is 2.30. The quantitative estimate of drug-likeness (QED) is 0.251. The summed E-state index contributed by atoms with van der Waals surface area (Å²) in [6.07, 6.45) is 6.65. The SMILES string of the molecule is N#CCCC[C@@H](Cn1cc(-c2ncnc3[nH]ccc23)cn1)N1CCC(Oc2cc(CN3CCC3)nc(C(F)(F)F)n2)CC1. The first-order chi connectivity index (χ1) is 20.9. The Kier molecular flexibility index (Phi) is 8.53. The van der Waals surface area contributed by atoms with E-state index in [1.807, 2.05) is 28.0 Å². The molecule has 0 radical (unpaired) electrons. The maximum absolute atomic E-state index is 13.5. The maximum atomic E-state index is 13.5. The van der Waals surface area contributed by atoms with Crippen LogP contribution in [0, 0.1) is 11.3 Å². The average Bonchev–Trinajstić information content (AvgIpc) is 3.64. The lowest BCUT2D eigenvalue weighted by Gasteiger charge is -2.37. The molecule has 14 heteroatoms. The molecule has 11 nitrogen and oxygen atoms in total. The largest absolute Gasteiger partial charge is 0.474 e. The minimum atomic E-state index is -4.64. The summed E-state index contributed by atoms with van der Waals surface area (Å²) >= 11 is 0. The van der Waals surface area contributed by atoms with Gasteiger partial charge in [0.25, 0.3) is 0 Å². The standard InChI is InChI=1S/C29H33F3N10O/c30-29(31,32)28-38-21(17-40-10-3-11-40)14-25(39-28)43-23-6-12-41(13-7-23)22(4-1-2-8-33)18-42-16-20(15-37-42)26-24-5-9-34-27(24)36-19-35-26/h5,9,14-16,19,22-23H,1-4,6-7,10-13,17-18H2,(H,34,35,36)/t22-/m0/s1. The number of unbranched alkanes of at least 4 members (excludes halogenated alkanes) is 1. The summed E-state index contributed by atoms with van der Waals surface area (Å²) in [4.78, 5) is 23.7. The molecule has 4 aromatic heterocycles.